The Kier molecular flexibility index (Phi) is 5.45. The second-order valence-corrected chi connectivity index (χ2v) is 7.67. The fourth-order valence-corrected chi connectivity index (χ4v) is 3.31. The minimum atomic E-state index is -3.73. The van der Waals surface area contributed by atoms with E-state index in [0.29, 0.717) is 5.69 Å². The maximum Gasteiger partial charge on any atom is 0.245 e. The molecule has 1 N–H and O–H groups in total. The van der Waals surface area contributed by atoms with Crippen molar-refractivity contribution in [3.63, 3.8) is 0 Å². The lowest BCUT2D eigenvalue weighted by Gasteiger charge is -2.23. The van der Waals surface area contributed by atoms with E-state index in [1.807, 2.05) is 32.0 Å². The predicted molar refractivity (Wildman–Crippen MR) is 97.9 cm³/mol. The van der Waals surface area contributed by atoms with Crippen molar-refractivity contribution in [2.24, 2.45) is 0 Å². The molecule has 2 aromatic carbocycles. The van der Waals surface area contributed by atoms with Gasteiger partial charge in [0.25, 0.3) is 0 Å². The fourth-order valence-electron chi connectivity index (χ4n) is 2.44. The van der Waals surface area contributed by atoms with E-state index < -0.39 is 22.5 Å². The largest absolute Gasteiger partial charge is 0.324 e. The second kappa shape index (κ2) is 7.36. The number of sulfonamides is 1. The van der Waals surface area contributed by atoms with Crippen molar-refractivity contribution in [1.29, 1.82) is 5.26 Å². The lowest BCUT2D eigenvalue weighted by Crippen LogP contribution is -2.38. The van der Waals surface area contributed by atoms with Crippen LogP contribution in [0.4, 0.5) is 11.4 Å². The van der Waals surface area contributed by atoms with E-state index in [2.05, 4.69) is 5.32 Å². The third-order valence-corrected chi connectivity index (χ3v) is 4.76. The summed E-state index contributed by atoms with van der Waals surface area (Å²) >= 11 is 0. The molecule has 0 aromatic heterocycles. The summed E-state index contributed by atoms with van der Waals surface area (Å²) in [7, 11) is -3.73. The number of hydrogen-bond donors (Lipinski definition) is 1. The van der Waals surface area contributed by atoms with Crippen molar-refractivity contribution in [2.75, 3.05) is 22.4 Å². The van der Waals surface area contributed by atoms with Gasteiger partial charge in [-0.3, -0.25) is 9.10 Å². The molecule has 0 unspecified atom stereocenters. The molecule has 0 heterocycles. The normalized spacial score (nSPS) is 10.8. The maximum absolute atomic E-state index is 12.4. The van der Waals surface area contributed by atoms with Crippen LogP contribution in [0.15, 0.2) is 42.5 Å². The molecule has 2 rings (SSSR count). The van der Waals surface area contributed by atoms with Crippen LogP contribution in [-0.2, 0) is 14.8 Å². The van der Waals surface area contributed by atoms with Crippen LogP contribution in [0, 0.1) is 25.2 Å². The van der Waals surface area contributed by atoms with E-state index >= 15 is 0 Å². The molecule has 6 nitrogen and oxygen atoms in total. The van der Waals surface area contributed by atoms with Crippen molar-refractivity contribution in [1.82, 2.24) is 0 Å². The van der Waals surface area contributed by atoms with Crippen molar-refractivity contribution >= 4 is 27.3 Å². The number of nitriles is 1. The summed E-state index contributed by atoms with van der Waals surface area (Å²) in [6, 6.07) is 13.8. The Labute approximate surface area is 147 Å². The number of carbonyl (C=O) groups excluding carboxylic acids is 1. The highest BCUT2D eigenvalue weighted by Gasteiger charge is 2.23. The van der Waals surface area contributed by atoms with Gasteiger partial charge in [-0.2, -0.15) is 5.26 Å². The zero-order chi connectivity index (χ0) is 18.6. The van der Waals surface area contributed by atoms with Gasteiger partial charge in [-0.05, 0) is 37.6 Å². The van der Waals surface area contributed by atoms with Crippen LogP contribution in [0.2, 0.25) is 0 Å². The van der Waals surface area contributed by atoms with E-state index in [4.69, 9.17) is 0 Å². The lowest BCUT2D eigenvalue weighted by atomic mass is 10.1. The number of aryl methyl sites for hydroxylation is 2. The van der Waals surface area contributed by atoms with E-state index in [0.717, 1.165) is 21.7 Å². The predicted octanol–water partition coefficient (Wildman–Crippen LogP) is 2.58. The van der Waals surface area contributed by atoms with Crippen molar-refractivity contribution in [3.8, 4) is 6.07 Å². The van der Waals surface area contributed by atoms with Gasteiger partial charge in [0.15, 0.2) is 0 Å². The minimum Gasteiger partial charge on any atom is -0.324 e. The summed E-state index contributed by atoms with van der Waals surface area (Å²) in [5.41, 5.74) is 2.95. The molecule has 25 heavy (non-hydrogen) atoms. The molecule has 0 saturated carbocycles. The molecule has 0 aliphatic carbocycles. The quantitative estimate of drug-likeness (QED) is 0.890. The molecule has 0 saturated heterocycles. The zero-order valence-electron chi connectivity index (χ0n) is 14.3. The number of rotatable bonds is 5. The average molecular weight is 357 g/mol. The fraction of sp³-hybridized carbons (Fsp3) is 0.222. The third kappa shape index (κ3) is 4.58. The molecule has 0 radical (unpaired) electrons. The highest BCUT2D eigenvalue weighted by atomic mass is 32.2. The Morgan fingerprint density at radius 1 is 1.20 bits per heavy atom. The van der Waals surface area contributed by atoms with Gasteiger partial charge >= 0.3 is 0 Å². The molecule has 0 bridgehead atoms. The summed E-state index contributed by atoms with van der Waals surface area (Å²) in [5, 5.41) is 11.9. The molecule has 0 spiro atoms. The topological polar surface area (TPSA) is 90.3 Å². The van der Waals surface area contributed by atoms with E-state index in [1.54, 1.807) is 18.2 Å². The number of amides is 1. The van der Waals surface area contributed by atoms with Crippen molar-refractivity contribution in [3.05, 3.63) is 59.2 Å². The summed E-state index contributed by atoms with van der Waals surface area (Å²) in [6.07, 6.45) is 1.01. The summed E-state index contributed by atoms with van der Waals surface area (Å²) in [4.78, 5) is 12.4. The van der Waals surface area contributed by atoms with Crippen LogP contribution >= 0.6 is 0 Å². The van der Waals surface area contributed by atoms with Crippen molar-refractivity contribution in [2.45, 2.75) is 13.8 Å². The molecule has 2 aromatic rings. The first-order valence-electron chi connectivity index (χ1n) is 7.56. The smallest absolute Gasteiger partial charge is 0.245 e. The molecular formula is C18H19N3O3S. The first kappa shape index (κ1) is 18.5. The SMILES string of the molecule is Cc1ccc(NC(=O)CN(c2ccccc2C#N)S(C)(=O)=O)c(C)c1. The van der Waals surface area contributed by atoms with Crippen LogP contribution in [-0.4, -0.2) is 27.1 Å². The molecule has 7 heteroatoms. The van der Waals surface area contributed by atoms with E-state index in [9.17, 15) is 18.5 Å². The van der Waals surface area contributed by atoms with Gasteiger partial charge < -0.3 is 5.32 Å². The average Bonchev–Trinajstić information content (AvgIpc) is 2.54. The summed E-state index contributed by atoms with van der Waals surface area (Å²) in [6.45, 7) is 3.40. The molecule has 0 aliphatic heterocycles. The van der Waals surface area contributed by atoms with Crippen LogP contribution in [0.3, 0.4) is 0 Å². The molecule has 0 aliphatic rings. The first-order chi connectivity index (χ1) is 11.7. The molecule has 0 fully saturated rings. The lowest BCUT2D eigenvalue weighted by molar-refractivity contribution is -0.114. The number of hydrogen-bond acceptors (Lipinski definition) is 4. The number of nitrogens with one attached hydrogen (secondary N) is 1. The Hall–Kier alpha value is -2.85. The van der Waals surface area contributed by atoms with Gasteiger partial charge in [0, 0.05) is 5.69 Å². The summed E-state index contributed by atoms with van der Waals surface area (Å²) in [5.74, 6) is -0.481. The number of anilines is 2. The number of carbonyl (C=O) groups is 1. The van der Waals surface area contributed by atoms with Gasteiger partial charge in [-0.25, -0.2) is 8.42 Å². The number of benzene rings is 2. The molecular weight excluding hydrogens is 338 g/mol. The summed E-state index contributed by atoms with van der Waals surface area (Å²) < 4.78 is 25.2. The second-order valence-electron chi connectivity index (χ2n) is 5.77. The van der Waals surface area contributed by atoms with Gasteiger partial charge in [-0.15, -0.1) is 0 Å². The highest BCUT2D eigenvalue weighted by molar-refractivity contribution is 7.92. The Morgan fingerprint density at radius 3 is 2.48 bits per heavy atom. The monoisotopic (exact) mass is 357 g/mol. The van der Waals surface area contributed by atoms with Gasteiger partial charge in [-0.1, -0.05) is 29.8 Å². The highest BCUT2D eigenvalue weighted by Crippen LogP contribution is 2.22. The third-order valence-electron chi connectivity index (χ3n) is 3.64. The Balaban J connectivity index is 2.29. The van der Waals surface area contributed by atoms with Gasteiger partial charge in [0.2, 0.25) is 15.9 Å². The molecule has 0 atom stereocenters. The van der Waals surface area contributed by atoms with Crippen LogP contribution < -0.4 is 9.62 Å². The molecule has 130 valence electrons. The first-order valence-corrected chi connectivity index (χ1v) is 9.41. The van der Waals surface area contributed by atoms with Crippen LogP contribution in [0.5, 0.6) is 0 Å². The van der Waals surface area contributed by atoms with Crippen molar-refractivity contribution < 1.29 is 13.2 Å². The Bertz CT molecular complexity index is 946. The zero-order valence-corrected chi connectivity index (χ0v) is 15.1. The van der Waals surface area contributed by atoms with Gasteiger partial charge in [0.05, 0.1) is 17.5 Å². The number of para-hydroxylation sites is 1. The van der Waals surface area contributed by atoms with E-state index in [1.165, 1.54) is 12.1 Å². The van der Waals surface area contributed by atoms with Gasteiger partial charge in [0.1, 0.15) is 12.6 Å². The molecule has 1 amide bonds. The maximum atomic E-state index is 12.4. The number of nitrogens with zero attached hydrogens (tertiary/aromatic N) is 2. The van der Waals surface area contributed by atoms with E-state index in [-0.39, 0.29) is 11.3 Å². The standard InChI is InChI=1S/C18H19N3O3S/c1-13-8-9-16(14(2)10-13)20-18(22)12-21(25(3,23)24)17-7-5-4-6-15(17)11-19/h4-10H,12H2,1-3H3,(H,20,22). The van der Waals surface area contributed by atoms with Crippen LogP contribution in [0.25, 0.3) is 0 Å². The minimum absolute atomic E-state index is 0.184. The van der Waals surface area contributed by atoms with Crippen LogP contribution in [0.1, 0.15) is 16.7 Å². The Morgan fingerprint density at radius 2 is 1.88 bits per heavy atom.